The van der Waals surface area contributed by atoms with E-state index in [9.17, 15) is 9.90 Å². The highest BCUT2D eigenvalue weighted by Gasteiger charge is 2.17. The molecule has 0 saturated heterocycles. The first kappa shape index (κ1) is 17.4. The van der Waals surface area contributed by atoms with E-state index in [1.54, 1.807) is 31.2 Å². The van der Waals surface area contributed by atoms with E-state index in [4.69, 9.17) is 11.6 Å². The predicted molar refractivity (Wildman–Crippen MR) is 88.9 cm³/mol. The molecule has 0 radical (unpaired) electrons. The van der Waals surface area contributed by atoms with E-state index in [1.165, 1.54) is 4.80 Å². The van der Waals surface area contributed by atoms with Gasteiger partial charge >= 0.3 is 0 Å². The van der Waals surface area contributed by atoms with E-state index in [0.29, 0.717) is 28.7 Å². The Morgan fingerprint density at radius 3 is 2.78 bits per heavy atom. The molecule has 1 atom stereocenters. The van der Waals surface area contributed by atoms with E-state index in [0.717, 1.165) is 0 Å². The smallest absolute Gasteiger partial charge is 0.273 e. The van der Waals surface area contributed by atoms with Crippen LogP contribution < -0.4 is 5.32 Å². The second kappa shape index (κ2) is 7.57. The number of halogens is 1. The summed E-state index contributed by atoms with van der Waals surface area (Å²) >= 11 is 5.95. The van der Waals surface area contributed by atoms with Gasteiger partial charge in [0, 0.05) is 11.6 Å². The van der Waals surface area contributed by atoms with Crippen molar-refractivity contribution in [2.75, 3.05) is 6.54 Å². The summed E-state index contributed by atoms with van der Waals surface area (Å²) in [7, 11) is 0. The SMILES string of the molecule is Cc1nn(-c2cccc(Cl)c2)nc1C(=O)NCC(O)CC(C)C. The average molecular weight is 337 g/mol. The number of benzene rings is 1. The van der Waals surface area contributed by atoms with E-state index in [2.05, 4.69) is 15.5 Å². The van der Waals surface area contributed by atoms with Gasteiger partial charge in [0.15, 0.2) is 5.69 Å². The summed E-state index contributed by atoms with van der Waals surface area (Å²) in [4.78, 5) is 13.6. The second-order valence-electron chi connectivity index (χ2n) is 5.90. The summed E-state index contributed by atoms with van der Waals surface area (Å²) in [6, 6.07) is 7.07. The van der Waals surface area contributed by atoms with Crippen molar-refractivity contribution < 1.29 is 9.90 Å². The van der Waals surface area contributed by atoms with Crippen molar-refractivity contribution in [2.24, 2.45) is 5.92 Å². The molecular weight excluding hydrogens is 316 g/mol. The molecule has 1 heterocycles. The molecule has 1 aromatic carbocycles. The number of aryl methyl sites for hydroxylation is 1. The van der Waals surface area contributed by atoms with Crippen LogP contribution in [0, 0.1) is 12.8 Å². The molecule has 1 aromatic heterocycles. The third-order valence-corrected chi connectivity index (χ3v) is 3.51. The lowest BCUT2D eigenvalue weighted by atomic mass is 10.1. The Hall–Kier alpha value is -1.92. The zero-order valence-corrected chi connectivity index (χ0v) is 14.2. The number of hydrogen-bond acceptors (Lipinski definition) is 4. The molecular formula is C16H21ClN4O2. The molecule has 1 amide bonds. The highest BCUT2D eigenvalue weighted by Crippen LogP contribution is 2.14. The molecule has 23 heavy (non-hydrogen) atoms. The maximum absolute atomic E-state index is 12.2. The summed E-state index contributed by atoms with van der Waals surface area (Å²) in [5.41, 5.74) is 1.43. The van der Waals surface area contributed by atoms with Gasteiger partial charge in [-0.05, 0) is 37.5 Å². The van der Waals surface area contributed by atoms with E-state index >= 15 is 0 Å². The first-order chi connectivity index (χ1) is 10.9. The predicted octanol–water partition coefficient (Wildman–Crippen LogP) is 2.37. The summed E-state index contributed by atoms with van der Waals surface area (Å²) in [5.74, 6) is 0.0194. The lowest BCUT2D eigenvalue weighted by molar-refractivity contribution is 0.0894. The van der Waals surface area contributed by atoms with Crippen molar-refractivity contribution in [2.45, 2.75) is 33.3 Å². The van der Waals surface area contributed by atoms with Gasteiger partial charge in [-0.15, -0.1) is 5.10 Å². The van der Waals surface area contributed by atoms with Crippen LogP contribution >= 0.6 is 11.6 Å². The molecule has 0 bridgehead atoms. The van der Waals surface area contributed by atoms with Crippen molar-refractivity contribution in [3.05, 3.63) is 40.7 Å². The van der Waals surface area contributed by atoms with Crippen LogP contribution in [0.5, 0.6) is 0 Å². The van der Waals surface area contributed by atoms with Gasteiger partial charge in [0.05, 0.1) is 17.5 Å². The third kappa shape index (κ3) is 4.77. The van der Waals surface area contributed by atoms with Gasteiger partial charge in [0.1, 0.15) is 0 Å². The Morgan fingerprint density at radius 1 is 1.39 bits per heavy atom. The molecule has 0 aliphatic carbocycles. The summed E-state index contributed by atoms with van der Waals surface area (Å²) in [6.07, 6.45) is 0.0660. The number of amides is 1. The zero-order valence-electron chi connectivity index (χ0n) is 13.5. The fourth-order valence-corrected chi connectivity index (χ4v) is 2.41. The average Bonchev–Trinajstić information content (AvgIpc) is 2.86. The van der Waals surface area contributed by atoms with Crippen molar-refractivity contribution in [1.82, 2.24) is 20.3 Å². The monoisotopic (exact) mass is 336 g/mol. The fraction of sp³-hybridized carbons (Fsp3) is 0.438. The Bertz CT molecular complexity index is 684. The number of aliphatic hydroxyl groups excluding tert-OH is 1. The second-order valence-corrected chi connectivity index (χ2v) is 6.33. The summed E-state index contributed by atoms with van der Waals surface area (Å²) in [6.45, 7) is 5.95. The zero-order chi connectivity index (χ0) is 17.0. The lowest BCUT2D eigenvalue weighted by Crippen LogP contribution is -2.33. The van der Waals surface area contributed by atoms with Gasteiger partial charge in [-0.1, -0.05) is 31.5 Å². The van der Waals surface area contributed by atoms with Gasteiger partial charge in [0.2, 0.25) is 0 Å². The molecule has 0 spiro atoms. The summed E-state index contributed by atoms with van der Waals surface area (Å²) in [5, 5.41) is 21.5. The Balaban J connectivity index is 2.07. The number of rotatable bonds is 6. The number of nitrogens with zero attached hydrogens (tertiary/aromatic N) is 3. The number of hydrogen-bond donors (Lipinski definition) is 2. The Morgan fingerprint density at radius 2 is 2.13 bits per heavy atom. The van der Waals surface area contributed by atoms with Gasteiger partial charge in [-0.3, -0.25) is 4.79 Å². The molecule has 0 aliphatic heterocycles. The number of aromatic nitrogens is 3. The number of nitrogens with one attached hydrogen (secondary N) is 1. The van der Waals surface area contributed by atoms with Crippen LogP contribution in [0.3, 0.4) is 0 Å². The molecule has 0 saturated carbocycles. The number of aliphatic hydroxyl groups is 1. The van der Waals surface area contributed by atoms with Gasteiger partial charge in [-0.2, -0.15) is 9.90 Å². The first-order valence-corrected chi connectivity index (χ1v) is 7.90. The molecule has 2 aromatic rings. The minimum Gasteiger partial charge on any atom is -0.391 e. The molecule has 2 N–H and O–H groups in total. The van der Waals surface area contributed by atoms with Crippen LogP contribution in [0.4, 0.5) is 0 Å². The van der Waals surface area contributed by atoms with Crippen molar-refractivity contribution in [3.63, 3.8) is 0 Å². The minimum absolute atomic E-state index is 0.195. The van der Waals surface area contributed by atoms with Crippen LogP contribution in [0.15, 0.2) is 24.3 Å². The van der Waals surface area contributed by atoms with E-state index in [-0.39, 0.29) is 18.1 Å². The minimum atomic E-state index is -0.567. The van der Waals surface area contributed by atoms with Crippen LogP contribution in [0.2, 0.25) is 5.02 Å². The van der Waals surface area contributed by atoms with Gasteiger partial charge < -0.3 is 10.4 Å². The number of carbonyl (C=O) groups is 1. The maximum atomic E-state index is 12.2. The molecule has 7 heteroatoms. The molecule has 0 fully saturated rings. The highest BCUT2D eigenvalue weighted by atomic mass is 35.5. The lowest BCUT2D eigenvalue weighted by Gasteiger charge is -2.13. The van der Waals surface area contributed by atoms with Crippen LogP contribution in [-0.2, 0) is 0 Å². The molecule has 1 unspecified atom stereocenters. The van der Waals surface area contributed by atoms with Crippen LogP contribution in [0.1, 0.15) is 36.5 Å². The topological polar surface area (TPSA) is 80.0 Å². The normalized spacial score (nSPS) is 12.4. The van der Waals surface area contributed by atoms with E-state index < -0.39 is 6.10 Å². The maximum Gasteiger partial charge on any atom is 0.273 e. The largest absolute Gasteiger partial charge is 0.391 e. The van der Waals surface area contributed by atoms with Crippen molar-refractivity contribution in [1.29, 1.82) is 0 Å². The van der Waals surface area contributed by atoms with Crippen LogP contribution in [0.25, 0.3) is 5.69 Å². The molecule has 124 valence electrons. The van der Waals surface area contributed by atoms with Gasteiger partial charge in [0.25, 0.3) is 5.91 Å². The van der Waals surface area contributed by atoms with Crippen molar-refractivity contribution >= 4 is 17.5 Å². The first-order valence-electron chi connectivity index (χ1n) is 7.53. The third-order valence-electron chi connectivity index (χ3n) is 3.28. The Labute approximate surface area is 140 Å². The molecule has 2 rings (SSSR count). The Kier molecular flexibility index (Phi) is 5.74. The highest BCUT2D eigenvalue weighted by molar-refractivity contribution is 6.30. The molecule has 0 aliphatic rings. The molecule has 6 nitrogen and oxygen atoms in total. The fourth-order valence-electron chi connectivity index (χ4n) is 2.23. The standard InChI is InChI=1S/C16H21ClN4O2/c1-10(2)7-14(22)9-18-16(23)15-11(3)19-21(20-15)13-6-4-5-12(17)8-13/h4-6,8,10,14,22H,7,9H2,1-3H3,(H,18,23). The van der Waals surface area contributed by atoms with Crippen LogP contribution in [-0.4, -0.2) is 38.7 Å². The van der Waals surface area contributed by atoms with E-state index in [1.807, 2.05) is 13.8 Å². The quantitative estimate of drug-likeness (QED) is 0.848. The summed E-state index contributed by atoms with van der Waals surface area (Å²) < 4.78 is 0. The van der Waals surface area contributed by atoms with Crippen molar-refractivity contribution in [3.8, 4) is 5.69 Å². The van der Waals surface area contributed by atoms with Gasteiger partial charge in [-0.25, -0.2) is 0 Å². The number of carbonyl (C=O) groups excluding carboxylic acids is 1.